The lowest BCUT2D eigenvalue weighted by Gasteiger charge is -2.32. The minimum atomic E-state index is 0.716. The molecular formula is C13H21BrN4. The Bertz CT molecular complexity index is 389. The van der Waals surface area contributed by atoms with Crippen LogP contribution in [0.4, 0.5) is 11.8 Å². The highest BCUT2D eigenvalue weighted by Crippen LogP contribution is 2.29. The van der Waals surface area contributed by atoms with Gasteiger partial charge in [-0.25, -0.2) is 4.98 Å². The van der Waals surface area contributed by atoms with E-state index >= 15 is 0 Å². The van der Waals surface area contributed by atoms with Gasteiger partial charge in [-0.2, -0.15) is 4.98 Å². The predicted octanol–water partition coefficient (Wildman–Crippen LogP) is 3.30. The molecule has 2 heterocycles. The van der Waals surface area contributed by atoms with Gasteiger partial charge in [0.1, 0.15) is 5.82 Å². The van der Waals surface area contributed by atoms with Crippen molar-refractivity contribution in [3.63, 3.8) is 0 Å². The molecule has 1 N–H and O–H groups in total. The largest absolute Gasteiger partial charge is 0.355 e. The predicted molar refractivity (Wildman–Crippen MR) is 79.1 cm³/mol. The van der Waals surface area contributed by atoms with Crippen LogP contribution in [0.5, 0.6) is 0 Å². The summed E-state index contributed by atoms with van der Waals surface area (Å²) in [5, 5.41) is 3.16. The molecule has 1 aromatic rings. The third-order valence-electron chi connectivity index (χ3n) is 3.55. The van der Waals surface area contributed by atoms with Crippen molar-refractivity contribution in [2.45, 2.75) is 33.1 Å². The second-order valence-electron chi connectivity index (χ2n) is 4.73. The Morgan fingerprint density at radius 1 is 1.39 bits per heavy atom. The second kappa shape index (κ2) is 6.36. The molecule has 0 aromatic carbocycles. The average molecular weight is 313 g/mol. The summed E-state index contributed by atoms with van der Waals surface area (Å²) in [5.41, 5.74) is 0. The van der Waals surface area contributed by atoms with Crippen LogP contribution in [-0.2, 0) is 0 Å². The summed E-state index contributed by atoms with van der Waals surface area (Å²) in [4.78, 5) is 11.2. The monoisotopic (exact) mass is 312 g/mol. The molecule has 100 valence electrons. The zero-order chi connectivity index (χ0) is 13.0. The summed E-state index contributed by atoms with van der Waals surface area (Å²) in [6, 6.07) is 0. The van der Waals surface area contributed by atoms with Crippen LogP contribution < -0.4 is 10.2 Å². The fourth-order valence-corrected chi connectivity index (χ4v) is 2.82. The van der Waals surface area contributed by atoms with E-state index in [2.05, 4.69) is 50.0 Å². The third kappa shape index (κ3) is 3.13. The topological polar surface area (TPSA) is 41.1 Å². The Hall–Kier alpha value is -0.840. The first-order valence-electron chi connectivity index (χ1n) is 6.76. The molecule has 0 unspecified atom stereocenters. The van der Waals surface area contributed by atoms with Crippen LogP contribution >= 0.6 is 15.9 Å². The van der Waals surface area contributed by atoms with Gasteiger partial charge in [-0.05, 0) is 41.6 Å². The lowest BCUT2D eigenvalue weighted by Crippen LogP contribution is -2.34. The summed E-state index contributed by atoms with van der Waals surface area (Å²) >= 11 is 3.55. The number of hydrogen-bond acceptors (Lipinski definition) is 4. The highest BCUT2D eigenvalue weighted by molar-refractivity contribution is 9.10. The molecule has 0 aliphatic carbocycles. The standard InChI is InChI=1S/C13H21BrN4/c1-3-10-5-7-18(8-6-10)12-11(14)9-16-13(17-12)15-4-2/h9-10H,3-8H2,1-2H3,(H,15,16,17). The van der Waals surface area contributed by atoms with Crippen LogP contribution in [0.2, 0.25) is 0 Å². The first-order valence-corrected chi connectivity index (χ1v) is 7.55. The van der Waals surface area contributed by atoms with Crippen molar-refractivity contribution in [1.29, 1.82) is 0 Å². The van der Waals surface area contributed by atoms with Gasteiger partial charge in [0.2, 0.25) is 5.95 Å². The molecule has 0 saturated carbocycles. The molecule has 1 aromatic heterocycles. The van der Waals surface area contributed by atoms with E-state index in [1.807, 2.05) is 6.20 Å². The van der Waals surface area contributed by atoms with Gasteiger partial charge in [0.05, 0.1) is 4.47 Å². The van der Waals surface area contributed by atoms with Crippen molar-refractivity contribution in [2.24, 2.45) is 5.92 Å². The smallest absolute Gasteiger partial charge is 0.224 e. The van der Waals surface area contributed by atoms with Crippen LogP contribution in [0.25, 0.3) is 0 Å². The molecule has 0 amide bonds. The van der Waals surface area contributed by atoms with E-state index in [9.17, 15) is 0 Å². The van der Waals surface area contributed by atoms with Gasteiger partial charge in [-0.1, -0.05) is 13.3 Å². The van der Waals surface area contributed by atoms with Crippen LogP contribution in [0.1, 0.15) is 33.1 Å². The van der Waals surface area contributed by atoms with E-state index in [0.717, 1.165) is 35.8 Å². The highest BCUT2D eigenvalue weighted by Gasteiger charge is 2.20. The van der Waals surface area contributed by atoms with Crippen LogP contribution in [0.3, 0.4) is 0 Å². The molecule has 2 rings (SSSR count). The number of aromatic nitrogens is 2. The normalized spacial score (nSPS) is 16.9. The van der Waals surface area contributed by atoms with Gasteiger partial charge in [0, 0.05) is 25.8 Å². The van der Waals surface area contributed by atoms with Gasteiger partial charge in [0.25, 0.3) is 0 Å². The fourth-order valence-electron chi connectivity index (χ4n) is 2.38. The molecule has 4 nitrogen and oxygen atoms in total. The van der Waals surface area contributed by atoms with E-state index in [1.165, 1.54) is 19.3 Å². The fraction of sp³-hybridized carbons (Fsp3) is 0.692. The maximum Gasteiger partial charge on any atom is 0.224 e. The van der Waals surface area contributed by atoms with Gasteiger partial charge in [-0.15, -0.1) is 0 Å². The highest BCUT2D eigenvalue weighted by atomic mass is 79.9. The molecule has 1 aliphatic heterocycles. The van der Waals surface area contributed by atoms with E-state index in [0.29, 0.717) is 5.95 Å². The maximum atomic E-state index is 4.59. The van der Waals surface area contributed by atoms with Gasteiger partial charge in [0.15, 0.2) is 0 Å². The summed E-state index contributed by atoms with van der Waals surface area (Å²) in [6.07, 6.45) is 5.67. The SMILES string of the molecule is CCNc1ncc(Br)c(N2CCC(CC)CC2)n1. The van der Waals surface area contributed by atoms with Crippen molar-refractivity contribution in [3.8, 4) is 0 Å². The summed E-state index contributed by atoms with van der Waals surface area (Å²) in [5.74, 6) is 2.62. The van der Waals surface area contributed by atoms with Crippen molar-refractivity contribution in [1.82, 2.24) is 9.97 Å². The Morgan fingerprint density at radius 3 is 2.72 bits per heavy atom. The molecular weight excluding hydrogens is 292 g/mol. The number of nitrogens with one attached hydrogen (secondary N) is 1. The van der Waals surface area contributed by atoms with Crippen molar-refractivity contribution in [3.05, 3.63) is 10.7 Å². The molecule has 0 radical (unpaired) electrons. The van der Waals surface area contributed by atoms with Crippen LogP contribution in [0, 0.1) is 5.92 Å². The summed E-state index contributed by atoms with van der Waals surface area (Å²) in [7, 11) is 0. The molecule has 0 spiro atoms. The molecule has 1 aliphatic rings. The van der Waals surface area contributed by atoms with Gasteiger partial charge < -0.3 is 10.2 Å². The molecule has 1 saturated heterocycles. The molecule has 1 fully saturated rings. The molecule has 18 heavy (non-hydrogen) atoms. The number of rotatable bonds is 4. The first-order chi connectivity index (χ1) is 8.74. The second-order valence-corrected chi connectivity index (χ2v) is 5.59. The van der Waals surface area contributed by atoms with E-state index in [4.69, 9.17) is 0 Å². The summed E-state index contributed by atoms with van der Waals surface area (Å²) in [6.45, 7) is 7.38. The summed E-state index contributed by atoms with van der Waals surface area (Å²) < 4.78 is 0.985. The third-order valence-corrected chi connectivity index (χ3v) is 4.11. The Morgan fingerprint density at radius 2 is 2.11 bits per heavy atom. The van der Waals surface area contributed by atoms with Crippen molar-refractivity contribution in [2.75, 3.05) is 29.9 Å². The molecule has 5 heteroatoms. The number of halogens is 1. The lowest BCUT2D eigenvalue weighted by molar-refractivity contribution is 0.393. The number of piperidine rings is 1. The van der Waals surface area contributed by atoms with Crippen molar-refractivity contribution >= 4 is 27.7 Å². The van der Waals surface area contributed by atoms with Gasteiger partial charge in [-0.3, -0.25) is 0 Å². The minimum absolute atomic E-state index is 0.716. The maximum absolute atomic E-state index is 4.59. The van der Waals surface area contributed by atoms with Crippen molar-refractivity contribution < 1.29 is 0 Å². The quantitative estimate of drug-likeness (QED) is 0.926. The minimum Gasteiger partial charge on any atom is -0.355 e. The lowest BCUT2D eigenvalue weighted by atomic mass is 9.94. The van der Waals surface area contributed by atoms with Crippen LogP contribution in [0.15, 0.2) is 10.7 Å². The number of hydrogen-bond donors (Lipinski definition) is 1. The van der Waals surface area contributed by atoms with E-state index in [1.54, 1.807) is 0 Å². The average Bonchev–Trinajstić information content (AvgIpc) is 2.41. The van der Waals surface area contributed by atoms with E-state index < -0.39 is 0 Å². The molecule has 0 atom stereocenters. The Kier molecular flexibility index (Phi) is 4.80. The Labute approximate surface area is 117 Å². The zero-order valence-electron chi connectivity index (χ0n) is 11.1. The van der Waals surface area contributed by atoms with E-state index in [-0.39, 0.29) is 0 Å². The number of anilines is 2. The van der Waals surface area contributed by atoms with Crippen LogP contribution in [-0.4, -0.2) is 29.6 Å². The number of nitrogens with zero attached hydrogens (tertiary/aromatic N) is 3. The molecule has 0 bridgehead atoms. The first kappa shape index (κ1) is 13.6. The van der Waals surface area contributed by atoms with Gasteiger partial charge >= 0.3 is 0 Å². The zero-order valence-corrected chi connectivity index (χ0v) is 12.7. The Balaban J connectivity index is 2.10.